The Hall–Kier alpha value is -2.60. The maximum absolute atomic E-state index is 13.4. The largest absolute Gasteiger partial charge is 0.453 e. The van der Waals surface area contributed by atoms with Gasteiger partial charge in [0.05, 0.1) is 12.6 Å². The minimum absolute atomic E-state index is 0.00352. The summed E-state index contributed by atoms with van der Waals surface area (Å²) in [5, 5.41) is 14.3. The molecule has 2 aliphatic rings. The van der Waals surface area contributed by atoms with Gasteiger partial charge in [0, 0.05) is 19.0 Å². The topological polar surface area (TPSA) is 97.3 Å². The lowest BCUT2D eigenvalue weighted by atomic mass is 9.99. The summed E-state index contributed by atoms with van der Waals surface area (Å²) >= 11 is 0. The zero-order valence-corrected chi connectivity index (χ0v) is 16.9. The first-order chi connectivity index (χ1) is 15.0. The highest BCUT2D eigenvalue weighted by Crippen LogP contribution is 2.42. The Morgan fingerprint density at radius 1 is 1.22 bits per heavy atom. The smallest absolute Gasteiger partial charge is 0.390 e. The predicted octanol–water partition coefficient (Wildman–Crippen LogP) is 2.19. The fourth-order valence-electron chi connectivity index (χ4n) is 4.03. The molecular formula is C20H22F5N5O2. The van der Waals surface area contributed by atoms with Crippen LogP contribution >= 0.6 is 0 Å². The maximum atomic E-state index is 13.4. The SMILES string of the molecule is N[C@@H](CC(=O)N1CCn2nc(C(F)(F)F)nc2C1C(O)C1CC1)Cc1ccc(F)c(F)c1. The summed E-state index contributed by atoms with van der Waals surface area (Å²) in [6.45, 7) is 0.0370. The number of benzene rings is 1. The summed E-state index contributed by atoms with van der Waals surface area (Å²) in [6, 6.07) is 1.53. The number of amides is 1. The molecule has 7 nitrogen and oxygen atoms in total. The monoisotopic (exact) mass is 459 g/mol. The van der Waals surface area contributed by atoms with E-state index in [0.29, 0.717) is 18.4 Å². The normalized spacial score (nSPS) is 20.7. The van der Waals surface area contributed by atoms with Gasteiger partial charge in [-0.05, 0) is 42.9 Å². The number of fused-ring (bicyclic) bond motifs is 1. The van der Waals surface area contributed by atoms with Gasteiger partial charge < -0.3 is 15.7 Å². The Morgan fingerprint density at radius 2 is 1.94 bits per heavy atom. The van der Waals surface area contributed by atoms with Gasteiger partial charge in [0.1, 0.15) is 6.04 Å². The van der Waals surface area contributed by atoms with Gasteiger partial charge in [-0.2, -0.15) is 13.2 Å². The maximum Gasteiger partial charge on any atom is 0.453 e. The zero-order valence-electron chi connectivity index (χ0n) is 16.9. The molecule has 174 valence electrons. The van der Waals surface area contributed by atoms with Crippen molar-refractivity contribution in [2.24, 2.45) is 11.7 Å². The van der Waals surface area contributed by atoms with Crippen LogP contribution in [0.2, 0.25) is 0 Å². The quantitative estimate of drug-likeness (QED) is 0.646. The number of aliphatic hydroxyl groups excluding tert-OH is 1. The van der Waals surface area contributed by atoms with Crippen molar-refractivity contribution in [3.8, 4) is 0 Å². The highest BCUT2D eigenvalue weighted by molar-refractivity contribution is 5.77. The number of hydrogen-bond donors (Lipinski definition) is 2. The first kappa shape index (κ1) is 22.6. The average molecular weight is 459 g/mol. The molecule has 1 aromatic heterocycles. The Balaban J connectivity index is 1.52. The molecule has 1 amide bonds. The first-order valence-electron chi connectivity index (χ1n) is 10.2. The van der Waals surface area contributed by atoms with Gasteiger partial charge >= 0.3 is 6.18 Å². The lowest BCUT2D eigenvalue weighted by molar-refractivity contribution is -0.145. The van der Waals surface area contributed by atoms with E-state index in [0.717, 1.165) is 16.8 Å². The highest BCUT2D eigenvalue weighted by Gasteiger charge is 2.47. The van der Waals surface area contributed by atoms with E-state index >= 15 is 0 Å². The first-order valence-corrected chi connectivity index (χ1v) is 10.2. The number of nitrogens with zero attached hydrogens (tertiary/aromatic N) is 4. The molecule has 1 aromatic carbocycles. The minimum atomic E-state index is -4.75. The molecule has 3 N–H and O–H groups in total. The number of nitrogens with two attached hydrogens (primary N) is 1. The van der Waals surface area contributed by atoms with Crippen LogP contribution in [0.3, 0.4) is 0 Å². The predicted molar refractivity (Wildman–Crippen MR) is 101 cm³/mol. The fourth-order valence-corrected chi connectivity index (χ4v) is 4.03. The van der Waals surface area contributed by atoms with E-state index in [-0.39, 0.29) is 37.7 Å². The van der Waals surface area contributed by atoms with Crippen molar-refractivity contribution in [1.29, 1.82) is 0 Å². The Bertz CT molecular complexity index is 1010. The number of alkyl halides is 3. The van der Waals surface area contributed by atoms with Crippen LogP contribution in [0.1, 0.15) is 42.5 Å². The van der Waals surface area contributed by atoms with Crippen molar-refractivity contribution >= 4 is 5.91 Å². The molecule has 3 atom stereocenters. The number of carbonyl (C=O) groups is 1. The van der Waals surface area contributed by atoms with Gasteiger partial charge in [0.25, 0.3) is 5.82 Å². The number of carbonyl (C=O) groups excluding carboxylic acids is 1. The molecule has 32 heavy (non-hydrogen) atoms. The lowest BCUT2D eigenvalue weighted by Gasteiger charge is -2.38. The standard InChI is InChI=1S/C20H22F5N5O2/c21-13-4-1-10(8-14(13)22)7-12(26)9-15(31)29-5-6-30-18(16(29)17(32)11-2-3-11)27-19(28-30)20(23,24)25/h1,4,8,11-12,16-17,32H,2-3,5-7,9,26H2/t12-,16?,17?/m1/s1. The third-order valence-electron chi connectivity index (χ3n) is 5.77. The van der Waals surface area contributed by atoms with Gasteiger partial charge in [-0.3, -0.25) is 4.79 Å². The molecule has 4 rings (SSSR count). The average Bonchev–Trinajstić information content (AvgIpc) is 3.46. The number of aliphatic hydroxyl groups is 1. The van der Waals surface area contributed by atoms with E-state index in [2.05, 4.69) is 10.1 Å². The van der Waals surface area contributed by atoms with Gasteiger partial charge in [0.2, 0.25) is 5.91 Å². The molecule has 1 aliphatic carbocycles. The zero-order chi connectivity index (χ0) is 23.2. The second-order valence-electron chi connectivity index (χ2n) is 8.29. The summed E-state index contributed by atoms with van der Waals surface area (Å²) in [6.07, 6.45) is -4.51. The molecule has 0 radical (unpaired) electrons. The Morgan fingerprint density at radius 3 is 2.56 bits per heavy atom. The van der Waals surface area contributed by atoms with Crippen molar-refractivity contribution in [1.82, 2.24) is 19.7 Å². The van der Waals surface area contributed by atoms with Crippen LogP contribution in [0.4, 0.5) is 22.0 Å². The molecule has 0 spiro atoms. The lowest BCUT2D eigenvalue weighted by Crippen LogP contribution is -2.49. The second kappa shape index (κ2) is 8.39. The molecule has 1 aliphatic heterocycles. The van der Waals surface area contributed by atoms with Crippen LogP contribution in [0, 0.1) is 17.6 Å². The molecule has 0 saturated heterocycles. The van der Waals surface area contributed by atoms with Gasteiger partial charge in [0.15, 0.2) is 17.5 Å². The summed E-state index contributed by atoms with van der Waals surface area (Å²) in [4.78, 5) is 17.9. The number of rotatable bonds is 6. The summed E-state index contributed by atoms with van der Waals surface area (Å²) in [5.74, 6) is -4.04. The molecule has 2 heterocycles. The molecule has 2 aromatic rings. The van der Waals surface area contributed by atoms with E-state index in [9.17, 15) is 31.9 Å². The molecule has 0 bridgehead atoms. The van der Waals surface area contributed by atoms with Crippen LogP contribution in [0.25, 0.3) is 0 Å². The number of hydrogen-bond acceptors (Lipinski definition) is 5. The van der Waals surface area contributed by atoms with Crippen molar-refractivity contribution in [3.05, 3.63) is 47.0 Å². The molecule has 1 fully saturated rings. The van der Waals surface area contributed by atoms with Crippen LogP contribution in [0.5, 0.6) is 0 Å². The van der Waals surface area contributed by atoms with Crippen LogP contribution in [-0.4, -0.2) is 49.4 Å². The van der Waals surface area contributed by atoms with Crippen molar-refractivity contribution in [2.75, 3.05) is 6.54 Å². The second-order valence-corrected chi connectivity index (χ2v) is 8.29. The molecule has 12 heteroatoms. The highest BCUT2D eigenvalue weighted by atomic mass is 19.4. The van der Waals surface area contributed by atoms with Crippen LogP contribution in [-0.2, 0) is 23.9 Å². The van der Waals surface area contributed by atoms with E-state index in [1.165, 1.54) is 11.0 Å². The van der Waals surface area contributed by atoms with Gasteiger partial charge in [-0.1, -0.05) is 6.07 Å². The third kappa shape index (κ3) is 4.60. The number of halogens is 5. The van der Waals surface area contributed by atoms with Crippen molar-refractivity contribution < 1.29 is 31.9 Å². The Labute approximate surface area is 180 Å². The van der Waals surface area contributed by atoms with Gasteiger partial charge in [-0.25, -0.2) is 18.4 Å². The minimum Gasteiger partial charge on any atom is -0.390 e. The van der Waals surface area contributed by atoms with Crippen LogP contribution in [0.15, 0.2) is 18.2 Å². The fraction of sp³-hybridized carbons (Fsp3) is 0.550. The van der Waals surface area contributed by atoms with E-state index in [4.69, 9.17) is 5.73 Å². The van der Waals surface area contributed by atoms with Crippen molar-refractivity contribution in [3.63, 3.8) is 0 Å². The summed E-state index contributed by atoms with van der Waals surface area (Å²) in [7, 11) is 0. The Kier molecular flexibility index (Phi) is 5.93. The van der Waals surface area contributed by atoms with Crippen molar-refractivity contribution in [2.45, 2.75) is 56.6 Å². The summed E-state index contributed by atoms with van der Waals surface area (Å²) < 4.78 is 66.9. The van der Waals surface area contributed by atoms with E-state index in [1.807, 2.05) is 0 Å². The van der Waals surface area contributed by atoms with E-state index in [1.54, 1.807) is 0 Å². The molecular weight excluding hydrogens is 437 g/mol. The van der Waals surface area contributed by atoms with Gasteiger partial charge in [-0.15, -0.1) is 5.10 Å². The molecule has 1 saturated carbocycles. The number of aromatic nitrogens is 3. The third-order valence-corrected chi connectivity index (χ3v) is 5.77. The summed E-state index contributed by atoms with van der Waals surface area (Å²) in [5.41, 5.74) is 6.45. The van der Waals surface area contributed by atoms with E-state index < -0.39 is 47.7 Å². The van der Waals surface area contributed by atoms with Crippen LogP contribution < -0.4 is 5.73 Å². The molecule has 2 unspecified atom stereocenters.